The Bertz CT molecular complexity index is 645. The first-order valence-electron chi connectivity index (χ1n) is 6.29. The third-order valence-corrected chi connectivity index (χ3v) is 3.71. The van der Waals surface area contributed by atoms with Gasteiger partial charge in [-0.3, -0.25) is 0 Å². The normalized spacial score (nSPS) is 12.6. The first-order valence-corrected chi connectivity index (χ1v) is 6.66. The summed E-state index contributed by atoms with van der Waals surface area (Å²) in [5, 5.41) is -0.240. The van der Waals surface area contributed by atoms with E-state index in [1.54, 1.807) is 0 Å². The van der Waals surface area contributed by atoms with Crippen molar-refractivity contribution in [1.82, 2.24) is 0 Å². The monoisotopic (exact) mass is 295 g/mol. The molecule has 0 radical (unpaired) electrons. The maximum absolute atomic E-state index is 14.0. The number of halogens is 3. The molecule has 2 aromatic rings. The Hall–Kier alpha value is -1.45. The van der Waals surface area contributed by atoms with Gasteiger partial charge in [0.05, 0.1) is 11.1 Å². The lowest BCUT2D eigenvalue weighted by molar-refractivity contribution is 0.576. The minimum absolute atomic E-state index is 0.113. The van der Waals surface area contributed by atoms with Crippen LogP contribution in [0.4, 0.5) is 8.78 Å². The summed E-state index contributed by atoms with van der Waals surface area (Å²) in [4.78, 5) is 0. The molecule has 0 saturated carbocycles. The van der Waals surface area contributed by atoms with Crippen LogP contribution in [0.5, 0.6) is 0 Å². The van der Waals surface area contributed by atoms with Crippen LogP contribution in [0.15, 0.2) is 24.3 Å². The van der Waals surface area contributed by atoms with Gasteiger partial charge in [-0.05, 0) is 49.6 Å². The van der Waals surface area contributed by atoms with Gasteiger partial charge in [0.15, 0.2) is 0 Å². The van der Waals surface area contributed by atoms with Crippen molar-refractivity contribution >= 4 is 11.6 Å². The van der Waals surface area contributed by atoms with E-state index in [0.717, 1.165) is 34.4 Å². The lowest BCUT2D eigenvalue weighted by Crippen LogP contribution is -2.17. The molecular formula is C16H16ClF2N. The Morgan fingerprint density at radius 1 is 0.950 bits per heavy atom. The molecule has 0 aliphatic carbocycles. The summed E-state index contributed by atoms with van der Waals surface area (Å²) in [6.45, 7) is 5.82. The summed E-state index contributed by atoms with van der Waals surface area (Å²) >= 11 is 5.56. The number of hydrogen-bond acceptors (Lipinski definition) is 1. The molecular weight excluding hydrogens is 280 g/mol. The molecule has 20 heavy (non-hydrogen) atoms. The van der Waals surface area contributed by atoms with E-state index in [1.165, 1.54) is 0 Å². The van der Waals surface area contributed by atoms with E-state index in [4.69, 9.17) is 17.3 Å². The van der Waals surface area contributed by atoms with Crippen molar-refractivity contribution in [3.8, 4) is 0 Å². The number of aryl methyl sites for hydroxylation is 3. The largest absolute Gasteiger partial charge is 0.320 e. The van der Waals surface area contributed by atoms with E-state index < -0.39 is 17.7 Å². The van der Waals surface area contributed by atoms with Gasteiger partial charge >= 0.3 is 0 Å². The highest BCUT2D eigenvalue weighted by Gasteiger charge is 2.20. The van der Waals surface area contributed by atoms with Crippen molar-refractivity contribution in [1.29, 1.82) is 0 Å². The van der Waals surface area contributed by atoms with Gasteiger partial charge in [0, 0.05) is 5.56 Å². The molecule has 2 rings (SSSR count). The zero-order valence-electron chi connectivity index (χ0n) is 11.6. The summed E-state index contributed by atoms with van der Waals surface area (Å²) in [6, 6.07) is 5.27. The highest BCUT2D eigenvalue weighted by molar-refractivity contribution is 6.30. The molecule has 4 heteroatoms. The van der Waals surface area contributed by atoms with E-state index in [-0.39, 0.29) is 10.6 Å². The average molecular weight is 296 g/mol. The van der Waals surface area contributed by atoms with Crippen LogP contribution in [0.3, 0.4) is 0 Å². The summed E-state index contributed by atoms with van der Waals surface area (Å²) < 4.78 is 27.5. The molecule has 0 saturated heterocycles. The van der Waals surface area contributed by atoms with Crippen LogP contribution >= 0.6 is 11.6 Å². The lowest BCUT2D eigenvalue weighted by atomic mass is 9.90. The second kappa shape index (κ2) is 5.51. The topological polar surface area (TPSA) is 26.0 Å². The second-order valence-corrected chi connectivity index (χ2v) is 5.49. The van der Waals surface area contributed by atoms with E-state index in [2.05, 4.69) is 0 Å². The van der Waals surface area contributed by atoms with Gasteiger partial charge in [-0.25, -0.2) is 8.78 Å². The van der Waals surface area contributed by atoms with Crippen LogP contribution in [0, 0.1) is 32.4 Å². The maximum atomic E-state index is 14.0. The van der Waals surface area contributed by atoms with Crippen molar-refractivity contribution in [3.63, 3.8) is 0 Å². The van der Waals surface area contributed by atoms with Gasteiger partial charge in [0.25, 0.3) is 0 Å². The number of nitrogens with two attached hydrogens (primary N) is 1. The predicted molar refractivity (Wildman–Crippen MR) is 78.1 cm³/mol. The van der Waals surface area contributed by atoms with Gasteiger partial charge in [-0.1, -0.05) is 29.3 Å². The number of rotatable bonds is 2. The Morgan fingerprint density at radius 3 is 2.05 bits per heavy atom. The van der Waals surface area contributed by atoms with E-state index in [1.807, 2.05) is 32.9 Å². The molecule has 0 amide bonds. The third-order valence-electron chi connectivity index (χ3n) is 3.42. The SMILES string of the molecule is Cc1cc(C)c(C(N)c2cc(F)c(Cl)cc2F)c(C)c1. The van der Waals surface area contributed by atoms with Crippen molar-refractivity contribution in [2.75, 3.05) is 0 Å². The highest BCUT2D eigenvalue weighted by Crippen LogP contribution is 2.30. The van der Waals surface area contributed by atoms with Gasteiger partial charge in [0.2, 0.25) is 0 Å². The average Bonchev–Trinajstić information content (AvgIpc) is 2.32. The summed E-state index contributed by atoms with van der Waals surface area (Å²) in [6.07, 6.45) is 0. The Balaban J connectivity index is 2.57. The molecule has 0 fully saturated rings. The van der Waals surface area contributed by atoms with Crippen LogP contribution in [0.2, 0.25) is 5.02 Å². The zero-order valence-corrected chi connectivity index (χ0v) is 12.4. The molecule has 2 N–H and O–H groups in total. The van der Waals surface area contributed by atoms with Crippen LogP contribution in [-0.2, 0) is 0 Å². The first kappa shape index (κ1) is 14.9. The Labute approximate surface area is 122 Å². The fourth-order valence-corrected chi connectivity index (χ4v) is 2.76. The molecule has 0 aliphatic rings. The van der Waals surface area contributed by atoms with E-state index in [0.29, 0.717) is 0 Å². The third kappa shape index (κ3) is 2.69. The standard InChI is InChI=1S/C16H16ClF2N/c1-8-4-9(2)15(10(3)5-8)16(20)11-6-14(19)12(17)7-13(11)18/h4-7,16H,20H2,1-3H3. The Kier molecular flexibility index (Phi) is 4.11. The molecule has 0 bridgehead atoms. The predicted octanol–water partition coefficient (Wildman–Crippen LogP) is 4.59. The van der Waals surface area contributed by atoms with Crippen LogP contribution in [0.25, 0.3) is 0 Å². The molecule has 1 nitrogen and oxygen atoms in total. The molecule has 0 aliphatic heterocycles. The first-order chi connectivity index (χ1) is 9.31. The summed E-state index contributed by atoms with van der Waals surface area (Å²) in [5.74, 6) is -1.26. The minimum Gasteiger partial charge on any atom is -0.320 e. The molecule has 0 heterocycles. The van der Waals surface area contributed by atoms with Crippen LogP contribution < -0.4 is 5.73 Å². The fraction of sp³-hybridized carbons (Fsp3) is 0.250. The molecule has 0 spiro atoms. The van der Waals surface area contributed by atoms with Gasteiger partial charge in [-0.2, -0.15) is 0 Å². The molecule has 1 unspecified atom stereocenters. The fourth-order valence-electron chi connectivity index (χ4n) is 2.61. The molecule has 2 aromatic carbocycles. The lowest BCUT2D eigenvalue weighted by Gasteiger charge is -2.19. The van der Waals surface area contributed by atoms with Crippen molar-refractivity contribution in [2.45, 2.75) is 26.8 Å². The number of hydrogen-bond donors (Lipinski definition) is 1. The van der Waals surface area contributed by atoms with Crippen molar-refractivity contribution in [3.05, 3.63) is 68.7 Å². The van der Waals surface area contributed by atoms with Gasteiger partial charge in [-0.15, -0.1) is 0 Å². The van der Waals surface area contributed by atoms with Crippen molar-refractivity contribution < 1.29 is 8.78 Å². The minimum atomic E-state index is -0.720. The smallest absolute Gasteiger partial charge is 0.142 e. The number of benzene rings is 2. The van der Waals surface area contributed by atoms with Gasteiger partial charge in [0.1, 0.15) is 11.6 Å². The van der Waals surface area contributed by atoms with E-state index >= 15 is 0 Å². The molecule has 106 valence electrons. The van der Waals surface area contributed by atoms with Crippen LogP contribution in [-0.4, -0.2) is 0 Å². The maximum Gasteiger partial charge on any atom is 0.142 e. The zero-order chi connectivity index (χ0) is 15.0. The molecule has 1 atom stereocenters. The van der Waals surface area contributed by atoms with E-state index in [9.17, 15) is 8.78 Å². The van der Waals surface area contributed by atoms with Crippen molar-refractivity contribution in [2.24, 2.45) is 5.73 Å². The molecule has 0 aromatic heterocycles. The van der Waals surface area contributed by atoms with Crippen LogP contribution in [0.1, 0.15) is 33.9 Å². The Morgan fingerprint density at radius 2 is 1.50 bits per heavy atom. The second-order valence-electron chi connectivity index (χ2n) is 5.08. The summed E-state index contributed by atoms with van der Waals surface area (Å²) in [5.41, 5.74) is 10.1. The highest BCUT2D eigenvalue weighted by atomic mass is 35.5. The quantitative estimate of drug-likeness (QED) is 0.806. The van der Waals surface area contributed by atoms with Gasteiger partial charge < -0.3 is 5.73 Å². The summed E-state index contributed by atoms with van der Waals surface area (Å²) in [7, 11) is 0.